The number of rotatable bonds is 1. The molecule has 0 N–H and O–H groups in total. The van der Waals surface area contributed by atoms with Crippen molar-refractivity contribution in [1.29, 1.82) is 0 Å². The third kappa shape index (κ3) is 4.66. The second-order valence-corrected chi connectivity index (χ2v) is 11.3. The summed E-state index contributed by atoms with van der Waals surface area (Å²) in [5.74, 6) is 0. The monoisotopic (exact) mass is 705 g/mol. The molecule has 2 nitrogen and oxygen atoms in total. The minimum atomic E-state index is 0. The SMILES string of the molecule is CC(C)(C)c1ccnc(-c2[c-]cccc2)c1.[Ir].[c-]1ccc2c3ccccc3c3cccc4c5cccnc5c1c2c34. The molecular formula is C38H28IrN2-2. The van der Waals surface area contributed by atoms with Gasteiger partial charge in [0.25, 0.3) is 0 Å². The Morgan fingerprint density at radius 2 is 1.24 bits per heavy atom. The number of hydrogen-bond acceptors (Lipinski definition) is 2. The molecule has 0 saturated carbocycles. The number of hydrogen-bond donors (Lipinski definition) is 0. The molecule has 6 aromatic carbocycles. The van der Waals surface area contributed by atoms with Crippen molar-refractivity contribution in [2.75, 3.05) is 0 Å². The standard InChI is InChI=1S/C23H12N.C15H16N.Ir/c1-2-7-15-14(6-1)16-8-3-10-18-19-12-5-13-24-23(19)20-11-4-9-17(15)22(20)21(16)18;1-15(2,3)13-9-10-16-14(11-13)12-7-5-4-6-8-12;/h1-10,12-13H;4-7,9-11H,1-3H3;/q2*-1;. The Bertz CT molecular complexity index is 1930. The molecule has 0 atom stereocenters. The van der Waals surface area contributed by atoms with Crippen LogP contribution in [0.3, 0.4) is 0 Å². The van der Waals surface area contributed by atoms with Gasteiger partial charge in [0.15, 0.2) is 0 Å². The normalized spacial score (nSPS) is 11.6. The minimum absolute atomic E-state index is 0. The molecule has 3 heteroatoms. The van der Waals surface area contributed by atoms with Crippen LogP contribution in [-0.4, -0.2) is 9.97 Å². The number of aromatic nitrogens is 2. The van der Waals surface area contributed by atoms with Gasteiger partial charge in [0.2, 0.25) is 0 Å². The van der Waals surface area contributed by atoms with Crippen LogP contribution in [0.15, 0.2) is 116 Å². The van der Waals surface area contributed by atoms with Gasteiger partial charge in [-0.1, -0.05) is 86.1 Å². The van der Waals surface area contributed by atoms with Crippen molar-refractivity contribution in [2.45, 2.75) is 26.2 Å². The van der Waals surface area contributed by atoms with Crippen molar-refractivity contribution in [1.82, 2.24) is 9.97 Å². The summed E-state index contributed by atoms with van der Waals surface area (Å²) in [7, 11) is 0. The van der Waals surface area contributed by atoms with E-state index in [4.69, 9.17) is 0 Å². The van der Waals surface area contributed by atoms with Gasteiger partial charge in [0.1, 0.15) is 0 Å². The summed E-state index contributed by atoms with van der Waals surface area (Å²) in [6.45, 7) is 6.63. The number of benzene rings is 6. The van der Waals surface area contributed by atoms with E-state index in [1.54, 1.807) is 0 Å². The van der Waals surface area contributed by atoms with Gasteiger partial charge in [0.05, 0.1) is 0 Å². The molecule has 8 rings (SSSR count). The van der Waals surface area contributed by atoms with Crippen molar-refractivity contribution in [3.05, 3.63) is 133 Å². The molecule has 2 heterocycles. The first-order valence-corrected chi connectivity index (χ1v) is 13.7. The van der Waals surface area contributed by atoms with Gasteiger partial charge < -0.3 is 9.97 Å². The molecule has 0 amide bonds. The van der Waals surface area contributed by atoms with E-state index < -0.39 is 0 Å². The summed E-state index contributed by atoms with van der Waals surface area (Å²) < 4.78 is 0. The third-order valence-corrected chi connectivity index (χ3v) is 7.76. The Hall–Kier alpha value is -4.17. The number of nitrogens with zero attached hydrogens (tertiary/aromatic N) is 2. The van der Waals surface area contributed by atoms with Crippen molar-refractivity contribution in [3.8, 4) is 11.3 Å². The van der Waals surface area contributed by atoms with Crippen molar-refractivity contribution in [2.24, 2.45) is 0 Å². The largest absolute Gasteiger partial charge is 0.305 e. The minimum Gasteiger partial charge on any atom is -0.305 e. The number of pyridine rings is 2. The zero-order valence-corrected chi connectivity index (χ0v) is 25.6. The van der Waals surface area contributed by atoms with E-state index in [9.17, 15) is 0 Å². The molecule has 8 aromatic rings. The summed E-state index contributed by atoms with van der Waals surface area (Å²) in [5.41, 5.74) is 4.54. The summed E-state index contributed by atoms with van der Waals surface area (Å²) in [6.07, 6.45) is 3.74. The van der Waals surface area contributed by atoms with Gasteiger partial charge in [-0.2, -0.15) is 0 Å². The fourth-order valence-corrected chi connectivity index (χ4v) is 5.81. The number of fused-ring (bicyclic) bond motifs is 6. The predicted octanol–water partition coefficient (Wildman–Crippen LogP) is 9.93. The molecule has 201 valence electrons. The topological polar surface area (TPSA) is 25.8 Å². The quantitative estimate of drug-likeness (QED) is 0.0966. The Labute approximate surface area is 253 Å². The van der Waals surface area contributed by atoms with Crippen LogP contribution in [0.25, 0.3) is 65.3 Å². The molecule has 0 aliphatic heterocycles. The molecule has 0 bridgehead atoms. The average molecular weight is 705 g/mol. The molecule has 0 aliphatic rings. The molecule has 0 saturated heterocycles. The molecule has 0 fully saturated rings. The molecule has 0 spiro atoms. The first kappa shape index (κ1) is 27.0. The predicted molar refractivity (Wildman–Crippen MR) is 169 cm³/mol. The third-order valence-electron chi connectivity index (χ3n) is 7.76. The first-order valence-electron chi connectivity index (χ1n) is 13.7. The average Bonchev–Trinajstić information content (AvgIpc) is 3.01. The van der Waals surface area contributed by atoms with Gasteiger partial charge in [-0.05, 0) is 66.6 Å². The second kappa shape index (κ2) is 10.7. The summed E-state index contributed by atoms with van der Waals surface area (Å²) >= 11 is 0. The zero-order valence-electron chi connectivity index (χ0n) is 23.2. The van der Waals surface area contributed by atoms with Crippen LogP contribution in [0.1, 0.15) is 26.3 Å². The molecular weight excluding hydrogens is 677 g/mol. The van der Waals surface area contributed by atoms with Gasteiger partial charge in [-0.3, -0.25) is 0 Å². The summed E-state index contributed by atoms with van der Waals surface area (Å²) in [6, 6.07) is 42.5. The van der Waals surface area contributed by atoms with E-state index in [2.05, 4.69) is 110 Å². The Balaban J connectivity index is 0.000000157. The van der Waals surface area contributed by atoms with E-state index in [0.29, 0.717) is 0 Å². The maximum absolute atomic E-state index is 4.68. The van der Waals surface area contributed by atoms with Crippen LogP contribution in [-0.2, 0) is 25.5 Å². The van der Waals surface area contributed by atoms with Crippen molar-refractivity contribution >= 4 is 54.0 Å². The van der Waals surface area contributed by atoms with Crippen LogP contribution in [0.4, 0.5) is 0 Å². The van der Waals surface area contributed by atoms with E-state index in [1.165, 1.54) is 48.7 Å². The van der Waals surface area contributed by atoms with E-state index in [0.717, 1.165) is 22.2 Å². The maximum Gasteiger partial charge on any atom is 0.0163 e. The Morgan fingerprint density at radius 1 is 0.561 bits per heavy atom. The maximum atomic E-state index is 4.68. The molecule has 0 unspecified atom stereocenters. The fraction of sp³-hybridized carbons (Fsp3) is 0.105. The van der Waals surface area contributed by atoms with Crippen LogP contribution in [0.2, 0.25) is 0 Å². The van der Waals surface area contributed by atoms with E-state index in [1.807, 2.05) is 48.8 Å². The van der Waals surface area contributed by atoms with Gasteiger partial charge in [-0.25, -0.2) is 0 Å². The summed E-state index contributed by atoms with van der Waals surface area (Å²) in [4.78, 5) is 9.07. The van der Waals surface area contributed by atoms with E-state index in [-0.39, 0.29) is 25.5 Å². The smallest absolute Gasteiger partial charge is 0.0163 e. The zero-order chi connectivity index (χ0) is 27.3. The molecule has 41 heavy (non-hydrogen) atoms. The van der Waals surface area contributed by atoms with Crippen molar-refractivity contribution < 1.29 is 20.1 Å². The van der Waals surface area contributed by atoms with Crippen LogP contribution >= 0.6 is 0 Å². The second-order valence-electron chi connectivity index (χ2n) is 11.3. The molecule has 0 aliphatic carbocycles. The summed E-state index contributed by atoms with van der Waals surface area (Å²) in [5, 5.41) is 11.4. The Kier molecular flexibility index (Phi) is 7.03. The fourth-order valence-electron chi connectivity index (χ4n) is 5.81. The Morgan fingerprint density at radius 3 is 1.98 bits per heavy atom. The first-order chi connectivity index (χ1) is 19.5. The van der Waals surface area contributed by atoms with Crippen LogP contribution in [0.5, 0.6) is 0 Å². The van der Waals surface area contributed by atoms with Gasteiger partial charge >= 0.3 is 0 Å². The molecule has 2 aromatic heterocycles. The van der Waals surface area contributed by atoms with Gasteiger partial charge in [-0.15, -0.1) is 59.5 Å². The molecule has 1 radical (unpaired) electrons. The van der Waals surface area contributed by atoms with Crippen LogP contribution in [0, 0.1) is 12.1 Å². The van der Waals surface area contributed by atoms with Gasteiger partial charge in [0, 0.05) is 32.5 Å². The van der Waals surface area contributed by atoms with Crippen molar-refractivity contribution in [3.63, 3.8) is 0 Å². The van der Waals surface area contributed by atoms with E-state index >= 15 is 0 Å². The van der Waals surface area contributed by atoms with Crippen LogP contribution < -0.4 is 0 Å².